The van der Waals surface area contributed by atoms with Gasteiger partial charge in [0.25, 0.3) is 5.91 Å². The van der Waals surface area contributed by atoms with Gasteiger partial charge in [-0.15, -0.1) is 0 Å². The molecule has 1 N–H and O–H groups in total. The topological polar surface area (TPSA) is 71.3 Å². The summed E-state index contributed by atoms with van der Waals surface area (Å²) >= 11 is 0. The number of nitrogens with zero attached hydrogens (tertiary/aromatic N) is 1. The summed E-state index contributed by atoms with van der Waals surface area (Å²) in [7, 11) is 1.55. The number of benzene rings is 2. The Labute approximate surface area is 141 Å². The number of carbonyl (C=O) groups is 1. The van der Waals surface area contributed by atoms with E-state index in [4.69, 9.17) is 9.47 Å². The van der Waals surface area contributed by atoms with Gasteiger partial charge in [0, 0.05) is 13.7 Å². The minimum absolute atomic E-state index is 0.0305. The fraction of sp³-hybridized carbons (Fsp3) is 0.158. The monoisotopic (exact) mass is 322 g/mol. The predicted molar refractivity (Wildman–Crippen MR) is 91.4 cm³/mol. The molecule has 0 bridgehead atoms. The second kappa shape index (κ2) is 9.13. The highest BCUT2D eigenvalue weighted by atomic mass is 16.5. The van der Waals surface area contributed by atoms with Crippen LogP contribution in [0.15, 0.2) is 60.2 Å². The van der Waals surface area contributed by atoms with Crippen molar-refractivity contribution in [3.05, 3.63) is 65.7 Å². The normalized spacial score (nSPS) is 10.8. The van der Waals surface area contributed by atoms with Crippen LogP contribution in [0.3, 0.4) is 0 Å². The van der Waals surface area contributed by atoms with Crippen molar-refractivity contribution in [1.82, 2.24) is 5.32 Å². The summed E-state index contributed by atoms with van der Waals surface area (Å²) in [5.41, 5.74) is 0.741. The van der Waals surface area contributed by atoms with E-state index in [1.165, 1.54) is 6.08 Å². The second-order valence-electron chi connectivity index (χ2n) is 4.91. The van der Waals surface area contributed by atoms with Crippen LogP contribution in [0.25, 0.3) is 6.08 Å². The van der Waals surface area contributed by atoms with Gasteiger partial charge in [-0.3, -0.25) is 4.79 Å². The Bertz CT molecular complexity index is 749. The highest BCUT2D eigenvalue weighted by Gasteiger charge is 2.08. The van der Waals surface area contributed by atoms with Crippen molar-refractivity contribution < 1.29 is 14.3 Å². The molecular weight excluding hydrogens is 304 g/mol. The third-order valence-electron chi connectivity index (χ3n) is 3.10. The number of ether oxygens (including phenoxy) is 2. The van der Waals surface area contributed by atoms with E-state index in [0.29, 0.717) is 24.5 Å². The van der Waals surface area contributed by atoms with Crippen molar-refractivity contribution >= 4 is 12.0 Å². The molecule has 2 aromatic rings. The number of para-hydroxylation sites is 1. The first-order valence-electron chi connectivity index (χ1n) is 7.45. The largest absolute Gasteiger partial charge is 0.457 e. The van der Waals surface area contributed by atoms with Gasteiger partial charge < -0.3 is 14.8 Å². The fourth-order valence-corrected chi connectivity index (χ4v) is 1.97. The maximum absolute atomic E-state index is 11.9. The van der Waals surface area contributed by atoms with Crippen molar-refractivity contribution in [2.75, 3.05) is 20.3 Å². The van der Waals surface area contributed by atoms with Crippen molar-refractivity contribution in [2.24, 2.45) is 0 Å². The van der Waals surface area contributed by atoms with E-state index in [0.717, 1.165) is 5.75 Å². The number of nitrogens with one attached hydrogen (secondary N) is 1. The lowest BCUT2D eigenvalue weighted by atomic mass is 10.1. The van der Waals surface area contributed by atoms with E-state index in [1.54, 1.807) is 19.2 Å². The van der Waals surface area contributed by atoms with Crippen LogP contribution in [0.2, 0.25) is 0 Å². The van der Waals surface area contributed by atoms with Gasteiger partial charge in [-0.1, -0.05) is 30.3 Å². The number of nitriles is 1. The molecule has 0 radical (unpaired) electrons. The SMILES string of the molecule is COCCNC(=O)C(C#N)=Cc1cccc(Oc2ccccc2)c1. The molecule has 0 saturated carbocycles. The maximum Gasteiger partial charge on any atom is 0.262 e. The number of methoxy groups -OCH3 is 1. The molecule has 0 spiro atoms. The third kappa shape index (κ3) is 5.27. The number of hydrogen-bond acceptors (Lipinski definition) is 4. The van der Waals surface area contributed by atoms with Crippen molar-refractivity contribution in [3.63, 3.8) is 0 Å². The number of rotatable bonds is 7. The highest BCUT2D eigenvalue weighted by molar-refractivity contribution is 6.01. The zero-order chi connectivity index (χ0) is 17.2. The quantitative estimate of drug-likeness (QED) is 0.483. The number of carbonyl (C=O) groups excluding carboxylic acids is 1. The van der Waals surface area contributed by atoms with Crippen molar-refractivity contribution in [3.8, 4) is 17.6 Å². The third-order valence-corrected chi connectivity index (χ3v) is 3.10. The molecule has 0 heterocycles. The molecule has 1 amide bonds. The molecule has 0 aliphatic carbocycles. The molecule has 0 fully saturated rings. The van der Waals surface area contributed by atoms with Crippen LogP contribution < -0.4 is 10.1 Å². The fourth-order valence-electron chi connectivity index (χ4n) is 1.97. The van der Waals surface area contributed by atoms with E-state index in [1.807, 2.05) is 48.5 Å². The average Bonchev–Trinajstić information content (AvgIpc) is 2.61. The molecule has 2 rings (SSSR count). The lowest BCUT2D eigenvalue weighted by Gasteiger charge is -2.06. The molecule has 2 aromatic carbocycles. The number of hydrogen-bond donors (Lipinski definition) is 1. The molecule has 0 aromatic heterocycles. The van der Waals surface area contributed by atoms with E-state index in [2.05, 4.69) is 5.32 Å². The lowest BCUT2D eigenvalue weighted by molar-refractivity contribution is -0.117. The molecule has 0 aliphatic heterocycles. The van der Waals surface area contributed by atoms with Gasteiger partial charge in [0.2, 0.25) is 0 Å². The Hall–Kier alpha value is -3.10. The van der Waals surface area contributed by atoms with Gasteiger partial charge in [-0.25, -0.2) is 0 Å². The Kier molecular flexibility index (Phi) is 6.57. The number of amides is 1. The van der Waals surface area contributed by atoms with E-state index in [9.17, 15) is 10.1 Å². The van der Waals surface area contributed by atoms with Crippen molar-refractivity contribution in [1.29, 1.82) is 5.26 Å². The first-order valence-corrected chi connectivity index (χ1v) is 7.45. The molecule has 122 valence electrons. The van der Waals surface area contributed by atoms with Crippen LogP contribution in [0.1, 0.15) is 5.56 Å². The molecule has 5 heteroatoms. The summed E-state index contributed by atoms with van der Waals surface area (Å²) < 4.78 is 10.6. The second-order valence-corrected chi connectivity index (χ2v) is 4.91. The van der Waals surface area contributed by atoms with Gasteiger partial charge in [0.15, 0.2) is 0 Å². The van der Waals surface area contributed by atoms with Crippen LogP contribution in [-0.2, 0) is 9.53 Å². The summed E-state index contributed by atoms with van der Waals surface area (Å²) in [5, 5.41) is 11.8. The van der Waals surface area contributed by atoms with Crippen LogP contribution >= 0.6 is 0 Å². The van der Waals surface area contributed by atoms with Crippen LogP contribution in [-0.4, -0.2) is 26.2 Å². The molecular formula is C19H18N2O3. The van der Waals surface area contributed by atoms with Gasteiger partial charge in [0.05, 0.1) is 6.61 Å². The minimum atomic E-state index is -0.427. The summed E-state index contributed by atoms with van der Waals surface area (Å²) in [4.78, 5) is 11.9. The van der Waals surface area contributed by atoms with Gasteiger partial charge in [-0.05, 0) is 35.9 Å². The Balaban J connectivity index is 2.11. The minimum Gasteiger partial charge on any atom is -0.457 e. The Morgan fingerprint density at radius 2 is 1.92 bits per heavy atom. The Morgan fingerprint density at radius 1 is 1.17 bits per heavy atom. The molecule has 24 heavy (non-hydrogen) atoms. The molecule has 0 aliphatic rings. The standard InChI is InChI=1S/C19H18N2O3/c1-23-11-10-21-19(22)16(14-20)12-15-6-5-9-18(13-15)24-17-7-3-2-4-8-17/h2-9,12-13H,10-11H2,1H3,(H,21,22). The molecule has 5 nitrogen and oxygen atoms in total. The van der Waals surface area contributed by atoms with Crippen LogP contribution in [0, 0.1) is 11.3 Å². The smallest absolute Gasteiger partial charge is 0.262 e. The van der Waals surface area contributed by atoms with Crippen molar-refractivity contribution in [2.45, 2.75) is 0 Å². The average molecular weight is 322 g/mol. The molecule has 0 saturated heterocycles. The van der Waals surface area contributed by atoms with E-state index < -0.39 is 5.91 Å². The maximum atomic E-state index is 11.9. The zero-order valence-corrected chi connectivity index (χ0v) is 13.4. The van der Waals surface area contributed by atoms with Crippen LogP contribution in [0.4, 0.5) is 0 Å². The first-order chi connectivity index (χ1) is 11.7. The molecule has 0 atom stereocenters. The first kappa shape index (κ1) is 17.3. The Morgan fingerprint density at radius 3 is 2.62 bits per heavy atom. The zero-order valence-electron chi connectivity index (χ0n) is 13.4. The summed E-state index contributed by atoms with van der Waals surface area (Å²) in [5.74, 6) is 0.924. The summed E-state index contributed by atoms with van der Waals surface area (Å²) in [6.07, 6.45) is 1.53. The lowest BCUT2D eigenvalue weighted by Crippen LogP contribution is -2.27. The van der Waals surface area contributed by atoms with Gasteiger partial charge in [-0.2, -0.15) is 5.26 Å². The van der Waals surface area contributed by atoms with E-state index in [-0.39, 0.29) is 5.57 Å². The van der Waals surface area contributed by atoms with Gasteiger partial charge >= 0.3 is 0 Å². The molecule has 0 unspecified atom stereocenters. The van der Waals surface area contributed by atoms with Gasteiger partial charge in [0.1, 0.15) is 23.1 Å². The predicted octanol–water partition coefficient (Wildman–Crippen LogP) is 3.15. The van der Waals surface area contributed by atoms with Crippen LogP contribution in [0.5, 0.6) is 11.5 Å². The highest BCUT2D eigenvalue weighted by Crippen LogP contribution is 2.22. The summed E-state index contributed by atoms with van der Waals surface area (Å²) in [6.45, 7) is 0.746. The van der Waals surface area contributed by atoms with E-state index >= 15 is 0 Å². The summed E-state index contributed by atoms with van der Waals surface area (Å²) in [6, 6.07) is 18.5.